The smallest absolute Gasteiger partial charge is 0.159 e. The minimum Gasteiger partial charge on any atom is -0.398 e. The minimum absolute atomic E-state index is 0.0882. The summed E-state index contributed by atoms with van der Waals surface area (Å²) in [5.74, 6) is -1.66. The molecule has 0 fully saturated rings. The third-order valence-corrected chi connectivity index (χ3v) is 3.10. The molecule has 0 saturated carbocycles. The van der Waals surface area contributed by atoms with E-state index in [0.717, 1.165) is 11.6 Å². The van der Waals surface area contributed by atoms with Crippen LogP contribution in [-0.2, 0) is 6.54 Å². The van der Waals surface area contributed by atoms with E-state index in [1.54, 1.807) is 6.07 Å². The Kier molecular flexibility index (Phi) is 4.12. The van der Waals surface area contributed by atoms with Crippen LogP contribution in [0.2, 0.25) is 0 Å². The second kappa shape index (κ2) is 5.80. The number of benzene rings is 2. The van der Waals surface area contributed by atoms with Gasteiger partial charge in [-0.15, -0.1) is 0 Å². The third kappa shape index (κ3) is 3.29. The molecule has 0 bridgehead atoms. The number of nitrogens with one attached hydrogen (secondary N) is 1. The molecular weight excluding hydrogens is 246 g/mol. The van der Waals surface area contributed by atoms with E-state index in [0.29, 0.717) is 17.8 Å². The third-order valence-electron chi connectivity index (χ3n) is 3.10. The molecule has 1 atom stereocenters. The molecule has 4 heteroatoms. The first-order valence-electron chi connectivity index (χ1n) is 6.09. The second-order valence-electron chi connectivity index (χ2n) is 4.47. The maximum absolute atomic E-state index is 13.1. The maximum atomic E-state index is 13.1. The number of anilines is 1. The summed E-state index contributed by atoms with van der Waals surface area (Å²) in [5, 5.41) is 3.23. The van der Waals surface area contributed by atoms with Gasteiger partial charge in [0.15, 0.2) is 11.6 Å². The van der Waals surface area contributed by atoms with Gasteiger partial charge in [0.1, 0.15) is 0 Å². The molecule has 2 aromatic carbocycles. The summed E-state index contributed by atoms with van der Waals surface area (Å²) >= 11 is 0. The highest BCUT2D eigenvalue weighted by Crippen LogP contribution is 2.17. The Hall–Kier alpha value is -1.94. The molecule has 19 heavy (non-hydrogen) atoms. The molecule has 2 nitrogen and oxygen atoms in total. The lowest BCUT2D eigenvalue weighted by Gasteiger charge is -2.15. The molecule has 0 heterocycles. The maximum Gasteiger partial charge on any atom is 0.159 e. The fourth-order valence-corrected chi connectivity index (χ4v) is 1.86. The van der Waals surface area contributed by atoms with Gasteiger partial charge in [-0.25, -0.2) is 8.78 Å². The number of nitrogen functional groups attached to an aromatic ring is 1. The van der Waals surface area contributed by atoms with Crippen molar-refractivity contribution >= 4 is 5.69 Å². The van der Waals surface area contributed by atoms with Gasteiger partial charge in [0.05, 0.1) is 0 Å². The van der Waals surface area contributed by atoms with Crippen LogP contribution in [0.1, 0.15) is 24.1 Å². The van der Waals surface area contributed by atoms with Gasteiger partial charge < -0.3 is 11.1 Å². The molecule has 2 aromatic rings. The van der Waals surface area contributed by atoms with Crippen LogP contribution in [0.15, 0.2) is 42.5 Å². The van der Waals surface area contributed by atoms with E-state index < -0.39 is 11.6 Å². The lowest BCUT2D eigenvalue weighted by molar-refractivity contribution is 0.500. The van der Waals surface area contributed by atoms with Gasteiger partial charge in [0.2, 0.25) is 0 Å². The van der Waals surface area contributed by atoms with Crippen LogP contribution in [0.3, 0.4) is 0 Å². The van der Waals surface area contributed by atoms with Crippen molar-refractivity contribution in [3.8, 4) is 0 Å². The van der Waals surface area contributed by atoms with E-state index in [1.165, 1.54) is 6.07 Å². The molecule has 0 aliphatic rings. The topological polar surface area (TPSA) is 38.0 Å². The van der Waals surface area contributed by atoms with E-state index >= 15 is 0 Å². The average molecular weight is 262 g/mol. The highest BCUT2D eigenvalue weighted by atomic mass is 19.2. The zero-order valence-corrected chi connectivity index (χ0v) is 10.7. The van der Waals surface area contributed by atoms with E-state index in [9.17, 15) is 8.78 Å². The Morgan fingerprint density at radius 1 is 1.11 bits per heavy atom. The number of hydrogen-bond donors (Lipinski definition) is 2. The Morgan fingerprint density at radius 3 is 2.53 bits per heavy atom. The Morgan fingerprint density at radius 2 is 1.84 bits per heavy atom. The second-order valence-corrected chi connectivity index (χ2v) is 4.47. The molecule has 1 unspecified atom stereocenters. The van der Waals surface area contributed by atoms with E-state index in [1.807, 2.05) is 31.2 Å². The number of rotatable bonds is 4. The zero-order valence-electron chi connectivity index (χ0n) is 10.7. The van der Waals surface area contributed by atoms with E-state index in [-0.39, 0.29) is 6.04 Å². The van der Waals surface area contributed by atoms with Crippen molar-refractivity contribution in [3.63, 3.8) is 0 Å². The first-order valence-corrected chi connectivity index (χ1v) is 6.09. The van der Waals surface area contributed by atoms with Crippen LogP contribution in [0, 0.1) is 11.6 Å². The summed E-state index contributed by atoms with van der Waals surface area (Å²) < 4.78 is 26.0. The van der Waals surface area contributed by atoms with Crippen molar-refractivity contribution in [2.75, 3.05) is 5.73 Å². The summed E-state index contributed by atoms with van der Waals surface area (Å²) in [6.45, 7) is 2.47. The fraction of sp³-hybridized carbons (Fsp3) is 0.200. The monoisotopic (exact) mass is 262 g/mol. The minimum atomic E-state index is -0.830. The Balaban J connectivity index is 2.03. The highest BCUT2D eigenvalue weighted by molar-refractivity contribution is 5.46. The molecule has 2 rings (SSSR count). The van der Waals surface area contributed by atoms with Crippen LogP contribution < -0.4 is 11.1 Å². The largest absolute Gasteiger partial charge is 0.398 e. The molecule has 0 saturated heterocycles. The van der Waals surface area contributed by atoms with Crippen LogP contribution in [0.4, 0.5) is 14.5 Å². The summed E-state index contributed by atoms with van der Waals surface area (Å²) in [7, 11) is 0. The normalized spacial score (nSPS) is 12.4. The molecular formula is C15H16F2N2. The summed E-state index contributed by atoms with van der Waals surface area (Å²) in [4.78, 5) is 0. The number of para-hydroxylation sites is 1. The van der Waals surface area contributed by atoms with Gasteiger partial charge in [0.25, 0.3) is 0 Å². The van der Waals surface area contributed by atoms with Crippen molar-refractivity contribution in [2.24, 2.45) is 0 Å². The average Bonchev–Trinajstić information content (AvgIpc) is 2.40. The lowest BCUT2D eigenvalue weighted by atomic mass is 10.1. The molecule has 3 N–H and O–H groups in total. The molecule has 0 amide bonds. The van der Waals surface area contributed by atoms with Crippen molar-refractivity contribution in [1.29, 1.82) is 0 Å². The van der Waals surface area contributed by atoms with Crippen molar-refractivity contribution in [3.05, 3.63) is 65.2 Å². The summed E-state index contributed by atoms with van der Waals surface area (Å²) in [6.07, 6.45) is 0. The van der Waals surface area contributed by atoms with E-state index in [4.69, 9.17) is 5.73 Å². The van der Waals surface area contributed by atoms with Crippen LogP contribution in [-0.4, -0.2) is 0 Å². The van der Waals surface area contributed by atoms with Gasteiger partial charge >= 0.3 is 0 Å². The van der Waals surface area contributed by atoms with Crippen molar-refractivity contribution in [1.82, 2.24) is 5.32 Å². The van der Waals surface area contributed by atoms with Gasteiger partial charge in [-0.3, -0.25) is 0 Å². The standard InChI is InChI=1S/C15H16F2N2/c1-10(11-6-7-13(16)14(17)8-11)19-9-12-4-2-3-5-15(12)18/h2-8,10,19H,9,18H2,1H3. The van der Waals surface area contributed by atoms with Crippen molar-refractivity contribution in [2.45, 2.75) is 19.5 Å². The Labute approximate surface area is 111 Å². The quantitative estimate of drug-likeness (QED) is 0.829. The van der Waals surface area contributed by atoms with E-state index in [2.05, 4.69) is 5.32 Å². The van der Waals surface area contributed by atoms with Gasteiger partial charge in [-0.2, -0.15) is 0 Å². The van der Waals surface area contributed by atoms with Gasteiger partial charge in [-0.1, -0.05) is 24.3 Å². The summed E-state index contributed by atoms with van der Waals surface area (Å²) in [5.41, 5.74) is 8.24. The first-order chi connectivity index (χ1) is 9.08. The van der Waals surface area contributed by atoms with Crippen molar-refractivity contribution < 1.29 is 8.78 Å². The van der Waals surface area contributed by atoms with Crippen LogP contribution in [0.5, 0.6) is 0 Å². The van der Waals surface area contributed by atoms with Gasteiger partial charge in [0, 0.05) is 18.3 Å². The molecule has 0 spiro atoms. The number of halogens is 2. The van der Waals surface area contributed by atoms with Crippen LogP contribution >= 0.6 is 0 Å². The zero-order chi connectivity index (χ0) is 13.8. The highest BCUT2D eigenvalue weighted by Gasteiger charge is 2.09. The first kappa shape index (κ1) is 13.5. The summed E-state index contributed by atoms with van der Waals surface area (Å²) in [6, 6.07) is 11.4. The SMILES string of the molecule is CC(NCc1ccccc1N)c1ccc(F)c(F)c1. The lowest BCUT2D eigenvalue weighted by Crippen LogP contribution is -2.19. The molecule has 0 aromatic heterocycles. The predicted molar refractivity (Wildman–Crippen MR) is 72.5 cm³/mol. The van der Waals surface area contributed by atoms with Crippen LogP contribution in [0.25, 0.3) is 0 Å². The molecule has 0 aliphatic carbocycles. The fourth-order valence-electron chi connectivity index (χ4n) is 1.86. The number of nitrogens with two attached hydrogens (primary N) is 1. The van der Waals surface area contributed by atoms with Gasteiger partial charge in [-0.05, 0) is 36.2 Å². The predicted octanol–water partition coefficient (Wildman–Crippen LogP) is 3.40. The Bertz CT molecular complexity index is 570. The molecule has 100 valence electrons. The number of hydrogen-bond acceptors (Lipinski definition) is 2. The molecule has 0 aliphatic heterocycles. The molecule has 0 radical (unpaired) electrons.